The third kappa shape index (κ3) is 6.42. The number of aromatic nitrogens is 2. The van der Waals surface area contributed by atoms with E-state index in [9.17, 15) is 9.59 Å². The van der Waals surface area contributed by atoms with Crippen LogP contribution in [0.1, 0.15) is 38.4 Å². The van der Waals surface area contributed by atoms with E-state index in [1.807, 2.05) is 63.2 Å². The monoisotopic (exact) mass is 420 g/mol. The molecule has 0 aliphatic rings. The number of hydrazine groups is 1. The molecule has 2 aromatic carbocycles. The molecule has 2 N–H and O–H groups in total. The standard InChI is InChI=1S/C23H24N4O2S/c1-15-5-4-6-19(11-15)13-21(28)26-27-22(29)20-9-7-18(8-10-20)14-30-23-24-16(2)12-17(3)25-23/h4-12H,13-14H2,1-3H3,(H,26,28)(H,27,29). The highest BCUT2D eigenvalue weighted by Gasteiger charge is 2.09. The highest BCUT2D eigenvalue weighted by atomic mass is 32.2. The predicted octanol–water partition coefficient (Wildman–Crippen LogP) is 3.70. The second kappa shape index (κ2) is 10.0. The molecule has 0 saturated heterocycles. The fraction of sp³-hybridized carbons (Fsp3) is 0.217. The van der Waals surface area contributed by atoms with Crippen molar-refractivity contribution in [2.24, 2.45) is 0 Å². The molecule has 2 amide bonds. The van der Waals surface area contributed by atoms with Crippen LogP contribution >= 0.6 is 11.8 Å². The van der Waals surface area contributed by atoms with Gasteiger partial charge in [-0.25, -0.2) is 9.97 Å². The molecule has 30 heavy (non-hydrogen) atoms. The molecule has 0 radical (unpaired) electrons. The summed E-state index contributed by atoms with van der Waals surface area (Å²) in [5, 5.41) is 0.741. The lowest BCUT2D eigenvalue weighted by molar-refractivity contribution is -0.121. The van der Waals surface area contributed by atoms with E-state index >= 15 is 0 Å². The average molecular weight is 421 g/mol. The number of hydrogen-bond acceptors (Lipinski definition) is 5. The molecule has 1 heterocycles. The van der Waals surface area contributed by atoms with Crippen molar-refractivity contribution in [3.8, 4) is 0 Å². The smallest absolute Gasteiger partial charge is 0.269 e. The number of nitrogens with zero attached hydrogens (tertiary/aromatic N) is 2. The molecule has 154 valence electrons. The zero-order chi connectivity index (χ0) is 21.5. The lowest BCUT2D eigenvalue weighted by atomic mass is 10.1. The molecule has 7 heteroatoms. The zero-order valence-electron chi connectivity index (χ0n) is 17.2. The summed E-state index contributed by atoms with van der Waals surface area (Å²) in [6.45, 7) is 5.87. The van der Waals surface area contributed by atoms with Gasteiger partial charge in [-0.15, -0.1) is 0 Å². The molecule has 0 spiro atoms. The minimum absolute atomic E-state index is 0.207. The van der Waals surface area contributed by atoms with E-state index in [4.69, 9.17) is 0 Å². The van der Waals surface area contributed by atoms with Crippen molar-refractivity contribution in [2.45, 2.75) is 38.1 Å². The van der Waals surface area contributed by atoms with E-state index in [1.165, 1.54) is 0 Å². The van der Waals surface area contributed by atoms with Crippen LogP contribution in [0.2, 0.25) is 0 Å². The van der Waals surface area contributed by atoms with Crippen molar-refractivity contribution in [1.82, 2.24) is 20.8 Å². The Bertz CT molecular complexity index is 1030. The fourth-order valence-electron chi connectivity index (χ4n) is 2.91. The Labute approximate surface area is 180 Å². The van der Waals surface area contributed by atoms with E-state index in [2.05, 4.69) is 20.8 Å². The number of benzene rings is 2. The first kappa shape index (κ1) is 21.5. The summed E-state index contributed by atoms with van der Waals surface area (Å²) in [5.41, 5.74) is 10.3. The van der Waals surface area contributed by atoms with Crippen molar-refractivity contribution < 1.29 is 9.59 Å². The maximum Gasteiger partial charge on any atom is 0.269 e. The van der Waals surface area contributed by atoms with Crippen LogP contribution < -0.4 is 10.9 Å². The summed E-state index contributed by atoms with van der Waals surface area (Å²) >= 11 is 1.55. The normalized spacial score (nSPS) is 10.5. The van der Waals surface area contributed by atoms with E-state index in [0.29, 0.717) is 11.3 Å². The molecule has 0 fully saturated rings. The molecule has 0 bridgehead atoms. The fourth-order valence-corrected chi connectivity index (χ4v) is 3.81. The van der Waals surface area contributed by atoms with Gasteiger partial charge in [0, 0.05) is 22.7 Å². The Hall–Kier alpha value is -3.19. The summed E-state index contributed by atoms with van der Waals surface area (Å²) in [7, 11) is 0. The van der Waals surface area contributed by atoms with Crippen LogP contribution in [0.5, 0.6) is 0 Å². The molecular formula is C23H24N4O2S. The maximum atomic E-state index is 12.3. The van der Waals surface area contributed by atoms with Gasteiger partial charge >= 0.3 is 0 Å². The van der Waals surface area contributed by atoms with Gasteiger partial charge in [-0.3, -0.25) is 20.4 Å². The van der Waals surface area contributed by atoms with Gasteiger partial charge in [0.15, 0.2) is 5.16 Å². The minimum atomic E-state index is -0.357. The van der Waals surface area contributed by atoms with Crippen LogP contribution in [0.3, 0.4) is 0 Å². The van der Waals surface area contributed by atoms with Crippen LogP contribution in [-0.4, -0.2) is 21.8 Å². The SMILES string of the molecule is Cc1cccc(CC(=O)NNC(=O)c2ccc(CSc3nc(C)cc(C)n3)cc2)c1. The van der Waals surface area contributed by atoms with E-state index < -0.39 is 0 Å². The van der Waals surface area contributed by atoms with Gasteiger partial charge in [0.25, 0.3) is 5.91 Å². The number of amides is 2. The first-order valence-electron chi connectivity index (χ1n) is 9.58. The van der Waals surface area contributed by atoms with Gasteiger partial charge in [0.2, 0.25) is 5.91 Å². The summed E-state index contributed by atoms with van der Waals surface area (Å²) in [6, 6.07) is 16.9. The predicted molar refractivity (Wildman–Crippen MR) is 118 cm³/mol. The molecule has 0 saturated carbocycles. The quantitative estimate of drug-likeness (QED) is 0.361. The number of aryl methyl sites for hydroxylation is 3. The number of carbonyl (C=O) groups is 2. The summed E-state index contributed by atoms with van der Waals surface area (Å²) in [5.74, 6) is 0.0812. The molecule has 0 aliphatic heterocycles. The second-order valence-corrected chi connectivity index (χ2v) is 8.03. The number of carbonyl (C=O) groups excluding carboxylic acids is 2. The van der Waals surface area contributed by atoms with Crippen LogP contribution in [-0.2, 0) is 17.0 Å². The molecule has 3 rings (SSSR count). The number of hydrogen-bond donors (Lipinski definition) is 2. The van der Waals surface area contributed by atoms with Crippen molar-refractivity contribution in [3.63, 3.8) is 0 Å². The van der Waals surface area contributed by atoms with Gasteiger partial charge in [0.05, 0.1) is 6.42 Å². The maximum absolute atomic E-state index is 12.3. The lowest BCUT2D eigenvalue weighted by Gasteiger charge is -2.08. The van der Waals surface area contributed by atoms with Gasteiger partial charge in [-0.2, -0.15) is 0 Å². The Morgan fingerprint density at radius 2 is 1.57 bits per heavy atom. The molecule has 0 aliphatic carbocycles. The van der Waals surface area contributed by atoms with Gasteiger partial charge in [-0.1, -0.05) is 53.7 Å². The highest BCUT2D eigenvalue weighted by molar-refractivity contribution is 7.98. The first-order chi connectivity index (χ1) is 14.4. The third-order valence-corrected chi connectivity index (χ3v) is 5.23. The third-order valence-electron chi connectivity index (χ3n) is 4.31. The Morgan fingerprint density at radius 3 is 2.23 bits per heavy atom. The van der Waals surface area contributed by atoms with Crippen molar-refractivity contribution in [2.75, 3.05) is 0 Å². The Balaban J connectivity index is 1.49. The number of rotatable bonds is 6. The molecular weight excluding hydrogens is 396 g/mol. The molecule has 1 aromatic heterocycles. The topological polar surface area (TPSA) is 84.0 Å². The largest absolute Gasteiger partial charge is 0.273 e. The number of nitrogens with one attached hydrogen (secondary N) is 2. The second-order valence-electron chi connectivity index (χ2n) is 7.09. The highest BCUT2D eigenvalue weighted by Crippen LogP contribution is 2.20. The van der Waals surface area contributed by atoms with E-state index in [0.717, 1.165) is 33.2 Å². The van der Waals surface area contributed by atoms with E-state index in [1.54, 1.807) is 23.9 Å². The zero-order valence-corrected chi connectivity index (χ0v) is 18.0. The summed E-state index contributed by atoms with van der Waals surface area (Å²) in [4.78, 5) is 33.1. The summed E-state index contributed by atoms with van der Waals surface area (Å²) in [6.07, 6.45) is 0.207. The van der Waals surface area contributed by atoms with Crippen LogP contribution in [0.4, 0.5) is 0 Å². The number of thioether (sulfide) groups is 1. The van der Waals surface area contributed by atoms with Crippen molar-refractivity contribution >= 4 is 23.6 Å². The average Bonchev–Trinajstić information content (AvgIpc) is 2.70. The molecule has 0 atom stereocenters. The van der Waals surface area contributed by atoms with Crippen LogP contribution in [0, 0.1) is 20.8 Å². The Kier molecular flexibility index (Phi) is 7.19. The van der Waals surface area contributed by atoms with Gasteiger partial charge in [0.1, 0.15) is 0 Å². The molecule has 0 unspecified atom stereocenters. The molecule has 3 aromatic rings. The van der Waals surface area contributed by atoms with E-state index in [-0.39, 0.29) is 18.2 Å². The van der Waals surface area contributed by atoms with Crippen molar-refractivity contribution in [3.05, 3.63) is 88.2 Å². The van der Waals surface area contributed by atoms with Crippen LogP contribution in [0.25, 0.3) is 0 Å². The molecule has 6 nitrogen and oxygen atoms in total. The first-order valence-corrected chi connectivity index (χ1v) is 10.6. The van der Waals surface area contributed by atoms with Gasteiger partial charge in [-0.05, 0) is 50.1 Å². The van der Waals surface area contributed by atoms with Gasteiger partial charge < -0.3 is 0 Å². The van der Waals surface area contributed by atoms with Crippen molar-refractivity contribution in [1.29, 1.82) is 0 Å². The van der Waals surface area contributed by atoms with Crippen LogP contribution in [0.15, 0.2) is 59.8 Å². The Morgan fingerprint density at radius 1 is 0.867 bits per heavy atom. The lowest BCUT2D eigenvalue weighted by Crippen LogP contribution is -2.42. The minimum Gasteiger partial charge on any atom is -0.273 e. The summed E-state index contributed by atoms with van der Waals surface area (Å²) < 4.78 is 0.